The molecule has 32 heavy (non-hydrogen) atoms. The van der Waals surface area contributed by atoms with Crippen molar-refractivity contribution in [3.63, 3.8) is 0 Å². The third-order valence-electron chi connectivity index (χ3n) is 4.37. The summed E-state index contributed by atoms with van der Waals surface area (Å²) in [6.07, 6.45) is 0.929. The molecule has 0 aliphatic rings. The topological polar surface area (TPSA) is 84.0 Å². The number of guanidine groups is 1. The second kappa shape index (κ2) is 16.3. The summed E-state index contributed by atoms with van der Waals surface area (Å²) in [6.45, 7) is 8.79. The van der Waals surface area contributed by atoms with Crippen molar-refractivity contribution in [2.24, 2.45) is 4.99 Å². The van der Waals surface area contributed by atoms with Crippen molar-refractivity contribution in [2.75, 3.05) is 38.2 Å². The lowest BCUT2D eigenvalue weighted by atomic mass is 10.1. The Kier molecular flexibility index (Phi) is 14.1. The Balaban J connectivity index is 0.00000512. The minimum absolute atomic E-state index is 0. The zero-order valence-corrected chi connectivity index (χ0v) is 21.4. The fourth-order valence-electron chi connectivity index (χ4n) is 2.88. The van der Waals surface area contributed by atoms with E-state index in [-0.39, 0.29) is 36.0 Å². The number of ether oxygens (including phenoxy) is 2. The van der Waals surface area contributed by atoms with E-state index in [1.807, 2.05) is 43.3 Å². The van der Waals surface area contributed by atoms with Gasteiger partial charge in [0.05, 0.1) is 12.6 Å². The molecule has 7 nitrogen and oxygen atoms in total. The Morgan fingerprint density at radius 3 is 2.56 bits per heavy atom. The van der Waals surface area contributed by atoms with Crippen LogP contribution in [0.3, 0.4) is 0 Å². The van der Waals surface area contributed by atoms with Gasteiger partial charge < -0.3 is 25.4 Å². The van der Waals surface area contributed by atoms with Gasteiger partial charge in [-0.15, -0.1) is 24.0 Å². The molecule has 0 bridgehead atoms. The number of hydrogen-bond donors (Lipinski definition) is 3. The van der Waals surface area contributed by atoms with Crippen molar-refractivity contribution in [2.45, 2.75) is 33.3 Å². The van der Waals surface area contributed by atoms with E-state index >= 15 is 0 Å². The number of halogens is 1. The molecule has 0 radical (unpaired) electrons. The first-order valence-electron chi connectivity index (χ1n) is 10.8. The fraction of sp³-hybridized carbons (Fsp3) is 0.417. The van der Waals surface area contributed by atoms with E-state index in [0.717, 1.165) is 24.6 Å². The van der Waals surface area contributed by atoms with Crippen LogP contribution in [0.25, 0.3) is 0 Å². The van der Waals surface area contributed by atoms with Crippen molar-refractivity contribution in [1.29, 1.82) is 0 Å². The average molecular weight is 554 g/mol. The summed E-state index contributed by atoms with van der Waals surface area (Å²) in [4.78, 5) is 15.7. The van der Waals surface area contributed by atoms with E-state index in [0.29, 0.717) is 32.1 Å². The highest BCUT2D eigenvalue weighted by Gasteiger charge is 2.04. The SMILES string of the molecule is CCNC(=NCCCOC(C)c1ccccc1)NCCOc1cccc(NC(C)=O)c1.I. The molecule has 8 heteroatoms. The number of carbonyl (C=O) groups is 1. The van der Waals surface area contributed by atoms with Crippen LogP contribution in [0.5, 0.6) is 5.75 Å². The van der Waals surface area contributed by atoms with Crippen LogP contribution in [0.1, 0.15) is 38.9 Å². The molecule has 176 valence electrons. The van der Waals surface area contributed by atoms with Crippen LogP contribution in [-0.2, 0) is 9.53 Å². The number of carbonyl (C=O) groups excluding carboxylic acids is 1. The van der Waals surface area contributed by atoms with Gasteiger partial charge in [-0.2, -0.15) is 0 Å². The Morgan fingerprint density at radius 1 is 1.06 bits per heavy atom. The Hall–Kier alpha value is -2.33. The second-order valence-electron chi connectivity index (χ2n) is 7.02. The number of amides is 1. The van der Waals surface area contributed by atoms with Crippen molar-refractivity contribution < 1.29 is 14.3 Å². The van der Waals surface area contributed by atoms with Gasteiger partial charge in [0.25, 0.3) is 0 Å². The predicted octanol–water partition coefficient (Wildman–Crippen LogP) is 4.36. The molecule has 0 aliphatic heterocycles. The largest absolute Gasteiger partial charge is 0.492 e. The lowest BCUT2D eigenvalue weighted by molar-refractivity contribution is -0.114. The first-order chi connectivity index (χ1) is 15.1. The van der Waals surface area contributed by atoms with Gasteiger partial charge in [0.1, 0.15) is 12.4 Å². The lowest BCUT2D eigenvalue weighted by Gasteiger charge is -2.14. The molecule has 1 unspecified atom stereocenters. The van der Waals surface area contributed by atoms with E-state index < -0.39 is 0 Å². The number of hydrogen-bond acceptors (Lipinski definition) is 4. The highest BCUT2D eigenvalue weighted by molar-refractivity contribution is 14.0. The normalized spacial score (nSPS) is 11.8. The minimum atomic E-state index is -0.106. The highest BCUT2D eigenvalue weighted by Crippen LogP contribution is 2.17. The predicted molar refractivity (Wildman–Crippen MR) is 141 cm³/mol. The van der Waals surface area contributed by atoms with Gasteiger partial charge in [0, 0.05) is 38.4 Å². The number of anilines is 1. The second-order valence-corrected chi connectivity index (χ2v) is 7.02. The van der Waals surface area contributed by atoms with Crippen LogP contribution < -0.4 is 20.7 Å². The van der Waals surface area contributed by atoms with E-state index in [1.54, 1.807) is 6.07 Å². The molecule has 0 spiro atoms. The van der Waals surface area contributed by atoms with Crippen molar-refractivity contribution in [3.05, 3.63) is 60.2 Å². The molecular weight excluding hydrogens is 519 g/mol. The van der Waals surface area contributed by atoms with Crippen LogP contribution in [0, 0.1) is 0 Å². The maximum absolute atomic E-state index is 11.2. The zero-order valence-electron chi connectivity index (χ0n) is 19.1. The number of rotatable bonds is 12. The van der Waals surface area contributed by atoms with Crippen molar-refractivity contribution in [1.82, 2.24) is 10.6 Å². The quantitative estimate of drug-likeness (QED) is 0.157. The standard InChI is InChI=1S/C24H34N4O3.HI/c1-4-25-24(26-14-9-16-30-19(2)21-10-6-5-7-11-21)27-15-17-31-23-13-8-12-22(18-23)28-20(3)29;/h5-8,10-13,18-19H,4,9,14-17H2,1-3H3,(H,28,29)(H2,25,26,27);1H. The van der Waals surface area contributed by atoms with Gasteiger partial charge in [-0.1, -0.05) is 36.4 Å². The fourth-order valence-corrected chi connectivity index (χ4v) is 2.88. The summed E-state index contributed by atoms with van der Waals surface area (Å²) in [5.41, 5.74) is 1.90. The molecular formula is C24H35IN4O3. The third kappa shape index (κ3) is 11.3. The highest BCUT2D eigenvalue weighted by atomic mass is 127. The van der Waals surface area contributed by atoms with Gasteiger partial charge >= 0.3 is 0 Å². The van der Waals surface area contributed by atoms with Gasteiger partial charge in [-0.25, -0.2) is 0 Å². The Bertz CT molecular complexity index is 818. The van der Waals surface area contributed by atoms with Crippen LogP contribution in [0.4, 0.5) is 5.69 Å². The first kappa shape index (κ1) is 27.7. The summed E-state index contributed by atoms with van der Waals surface area (Å²) in [5, 5.41) is 9.25. The molecule has 2 aromatic carbocycles. The molecule has 0 heterocycles. The third-order valence-corrected chi connectivity index (χ3v) is 4.37. The van der Waals surface area contributed by atoms with E-state index in [2.05, 4.69) is 40.0 Å². The maximum Gasteiger partial charge on any atom is 0.221 e. The Morgan fingerprint density at radius 2 is 1.84 bits per heavy atom. The summed E-state index contributed by atoms with van der Waals surface area (Å²) in [5.74, 6) is 1.36. The summed E-state index contributed by atoms with van der Waals surface area (Å²) < 4.78 is 11.6. The molecule has 0 saturated heterocycles. The monoisotopic (exact) mass is 554 g/mol. The van der Waals surface area contributed by atoms with Gasteiger partial charge in [0.15, 0.2) is 5.96 Å². The number of aliphatic imine (C=N–C) groups is 1. The van der Waals surface area contributed by atoms with Gasteiger partial charge in [-0.05, 0) is 38.0 Å². The van der Waals surface area contributed by atoms with Crippen molar-refractivity contribution in [3.8, 4) is 5.75 Å². The smallest absolute Gasteiger partial charge is 0.221 e. The molecule has 3 N–H and O–H groups in total. The van der Waals surface area contributed by atoms with Gasteiger partial charge in [0.2, 0.25) is 5.91 Å². The zero-order chi connectivity index (χ0) is 22.3. The first-order valence-corrected chi connectivity index (χ1v) is 10.8. The molecule has 2 aromatic rings. The summed E-state index contributed by atoms with van der Waals surface area (Å²) in [6, 6.07) is 17.6. The van der Waals surface area contributed by atoms with Crippen LogP contribution in [0.2, 0.25) is 0 Å². The average Bonchev–Trinajstić information content (AvgIpc) is 2.76. The lowest BCUT2D eigenvalue weighted by Crippen LogP contribution is -2.39. The summed E-state index contributed by atoms with van der Waals surface area (Å²) >= 11 is 0. The number of nitrogens with zero attached hydrogens (tertiary/aromatic N) is 1. The van der Waals surface area contributed by atoms with E-state index in [1.165, 1.54) is 12.5 Å². The van der Waals surface area contributed by atoms with Crippen LogP contribution in [0.15, 0.2) is 59.6 Å². The summed E-state index contributed by atoms with van der Waals surface area (Å²) in [7, 11) is 0. The number of benzene rings is 2. The van der Waals surface area contributed by atoms with E-state index in [4.69, 9.17) is 9.47 Å². The molecule has 0 aliphatic carbocycles. The molecule has 0 aromatic heterocycles. The maximum atomic E-state index is 11.2. The van der Waals surface area contributed by atoms with Crippen LogP contribution >= 0.6 is 24.0 Å². The molecule has 0 fully saturated rings. The molecule has 1 atom stereocenters. The Labute approximate surface area is 208 Å². The number of nitrogens with one attached hydrogen (secondary N) is 3. The van der Waals surface area contributed by atoms with Gasteiger partial charge in [-0.3, -0.25) is 9.79 Å². The van der Waals surface area contributed by atoms with Crippen LogP contribution in [-0.4, -0.2) is 44.7 Å². The molecule has 1 amide bonds. The minimum Gasteiger partial charge on any atom is -0.492 e. The van der Waals surface area contributed by atoms with E-state index in [9.17, 15) is 4.79 Å². The van der Waals surface area contributed by atoms with Crippen molar-refractivity contribution >= 4 is 41.5 Å². The molecule has 2 rings (SSSR count). The molecule has 0 saturated carbocycles.